The molecule has 0 aromatic rings. The Morgan fingerprint density at radius 1 is 1.29 bits per heavy atom. The maximum absolute atomic E-state index is 12.0. The number of rotatable bonds is 4. The Morgan fingerprint density at radius 2 is 1.94 bits per heavy atom. The van der Waals surface area contributed by atoms with Crippen molar-refractivity contribution in [1.29, 1.82) is 0 Å². The summed E-state index contributed by atoms with van der Waals surface area (Å²) in [7, 11) is 0. The summed E-state index contributed by atoms with van der Waals surface area (Å²) in [6.07, 6.45) is 4.62. The number of hydrogen-bond acceptors (Lipinski definition) is 3. The van der Waals surface area contributed by atoms with Crippen molar-refractivity contribution in [2.75, 3.05) is 32.7 Å². The van der Waals surface area contributed by atoms with Crippen LogP contribution in [0.15, 0.2) is 0 Å². The summed E-state index contributed by atoms with van der Waals surface area (Å²) in [6, 6.07) is 0.443. The van der Waals surface area contributed by atoms with E-state index in [1.165, 1.54) is 19.3 Å². The molecule has 1 atom stereocenters. The maximum Gasteiger partial charge on any atom is 0.222 e. The second-order valence-corrected chi connectivity index (χ2v) is 5.50. The van der Waals surface area contributed by atoms with Gasteiger partial charge in [0, 0.05) is 45.2 Å². The first-order valence-electron chi connectivity index (χ1n) is 6.92. The lowest BCUT2D eigenvalue weighted by Crippen LogP contribution is -2.53. The Morgan fingerprint density at radius 3 is 2.41 bits per heavy atom. The SMILES string of the molecule is CC(CN)N1CCN(C(=O)CC2CCC2)CC1. The molecule has 0 bridgehead atoms. The minimum absolute atomic E-state index is 0.370. The summed E-state index contributed by atoms with van der Waals surface area (Å²) in [5, 5.41) is 0. The fraction of sp³-hybridized carbons (Fsp3) is 0.923. The summed E-state index contributed by atoms with van der Waals surface area (Å²) in [4.78, 5) is 16.5. The van der Waals surface area contributed by atoms with Gasteiger partial charge in [0.1, 0.15) is 0 Å². The van der Waals surface area contributed by atoms with Crippen molar-refractivity contribution in [2.24, 2.45) is 11.7 Å². The van der Waals surface area contributed by atoms with E-state index in [0.717, 1.165) is 32.6 Å². The monoisotopic (exact) mass is 239 g/mol. The largest absolute Gasteiger partial charge is 0.340 e. The molecule has 1 unspecified atom stereocenters. The van der Waals surface area contributed by atoms with Crippen LogP contribution in [0.4, 0.5) is 0 Å². The van der Waals surface area contributed by atoms with Crippen LogP contribution in [0.3, 0.4) is 0 Å². The lowest BCUT2D eigenvalue weighted by atomic mass is 9.82. The maximum atomic E-state index is 12.0. The van der Waals surface area contributed by atoms with Crippen molar-refractivity contribution in [3.05, 3.63) is 0 Å². The van der Waals surface area contributed by atoms with Crippen LogP contribution in [0.25, 0.3) is 0 Å². The average molecular weight is 239 g/mol. The van der Waals surface area contributed by atoms with Gasteiger partial charge in [-0.05, 0) is 25.7 Å². The van der Waals surface area contributed by atoms with Gasteiger partial charge < -0.3 is 10.6 Å². The van der Waals surface area contributed by atoms with Gasteiger partial charge in [0.25, 0.3) is 0 Å². The lowest BCUT2D eigenvalue weighted by molar-refractivity contribution is -0.134. The van der Waals surface area contributed by atoms with Crippen molar-refractivity contribution in [1.82, 2.24) is 9.80 Å². The van der Waals surface area contributed by atoms with Gasteiger partial charge in [-0.15, -0.1) is 0 Å². The highest BCUT2D eigenvalue weighted by Gasteiger charge is 2.27. The number of amides is 1. The van der Waals surface area contributed by atoms with Gasteiger partial charge >= 0.3 is 0 Å². The lowest BCUT2D eigenvalue weighted by Gasteiger charge is -2.38. The van der Waals surface area contributed by atoms with Gasteiger partial charge in [0.15, 0.2) is 0 Å². The second kappa shape index (κ2) is 5.83. The fourth-order valence-corrected chi connectivity index (χ4v) is 2.63. The first kappa shape index (κ1) is 12.8. The van der Waals surface area contributed by atoms with Crippen LogP contribution in [-0.4, -0.2) is 54.5 Å². The Labute approximate surface area is 104 Å². The molecule has 1 aliphatic carbocycles. The van der Waals surface area contributed by atoms with Crippen molar-refractivity contribution in [3.8, 4) is 0 Å². The van der Waals surface area contributed by atoms with Gasteiger partial charge in [0.05, 0.1) is 0 Å². The second-order valence-electron chi connectivity index (χ2n) is 5.50. The summed E-state index contributed by atoms with van der Waals surface area (Å²) >= 11 is 0. The number of carbonyl (C=O) groups is 1. The highest BCUT2D eigenvalue weighted by atomic mass is 16.2. The third-order valence-corrected chi connectivity index (χ3v) is 4.32. The number of nitrogens with two attached hydrogens (primary N) is 1. The molecule has 1 amide bonds. The van der Waals surface area contributed by atoms with Crippen LogP contribution in [0, 0.1) is 5.92 Å². The molecule has 0 aromatic carbocycles. The van der Waals surface area contributed by atoms with Crippen molar-refractivity contribution in [2.45, 2.75) is 38.6 Å². The standard InChI is InChI=1S/C13H25N3O/c1-11(10-14)15-5-7-16(8-6-15)13(17)9-12-3-2-4-12/h11-12H,2-10,14H2,1H3. The number of nitrogens with zero attached hydrogens (tertiary/aromatic N) is 2. The summed E-state index contributed by atoms with van der Waals surface area (Å²) in [5.41, 5.74) is 5.67. The molecule has 1 saturated carbocycles. The number of carbonyl (C=O) groups excluding carboxylic acids is 1. The molecular formula is C13H25N3O. The predicted molar refractivity (Wildman–Crippen MR) is 68.6 cm³/mol. The van der Waals surface area contributed by atoms with E-state index in [4.69, 9.17) is 5.73 Å². The van der Waals surface area contributed by atoms with Crippen LogP contribution < -0.4 is 5.73 Å². The average Bonchev–Trinajstić information content (AvgIpc) is 2.32. The van der Waals surface area contributed by atoms with Crippen molar-refractivity contribution >= 4 is 5.91 Å². The molecule has 1 saturated heterocycles. The highest BCUT2D eigenvalue weighted by molar-refractivity contribution is 5.76. The zero-order chi connectivity index (χ0) is 12.3. The molecule has 2 rings (SSSR count). The Balaban J connectivity index is 1.72. The molecule has 0 radical (unpaired) electrons. The van der Waals surface area contributed by atoms with Crippen LogP contribution >= 0.6 is 0 Å². The predicted octanol–water partition coefficient (Wildman–Crippen LogP) is 0.668. The molecule has 2 fully saturated rings. The van der Waals surface area contributed by atoms with Crippen molar-refractivity contribution in [3.63, 3.8) is 0 Å². The molecule has 4 heteroatoms. The van der Waals surface area contributed by atoms with E-state index in [2.05, 4.69) is 11.8 Å². The van der Waals surface area contributed by atoms with Crippen LogP contribution in [0.5, 0.6) is 0 Å². The van der Waals surface area contributed by atoms with E-state index in [1.807, 2.05) is 4.90 Å². The quantitative estimate of drug-likeness (QED) is 0.784. The van der Waals surface area contributed by atoms with E-state index in [0.29, 0.717) is 24.4 Å². The third-order valence-electron chi connectivity index (χ3n) is 4.32. The highest BCUT2D eigenvalue weighted by Crippen LogP contribution is 2.30. The first-order chi connectivity index (χ1) is 8.20. The van der Waals surface area contributed by atoms with Gasteiger partial charge in [-0.2, -0.15) is 0 Å². The molecule has 4 nitrogen and oxygen atoms in total. The Bertz CT molecular complexity index is 257. The van der Waals surface area contributed by atoms with Gasteiger partial charge in [0.2, 0.25) is 5.91 Å². The smallest absolute Gasteiger partial charge is 0.222 e. The van der Waals surface area contributed by atoms with E-state index in [1.54, 1.807) is 0 Å². The minimum atomic E-state index is 0.370. The van der Waals surface area contributed by atoms with E-state index in [-0.39, 0.29) is 0 Å². The zero-order valence-electron chi connectivity index (χ0n) is 10.9. The molecular weight excluding hydrogens is 214 g/mol. The summed E-state index contributed by atoms with van der Waals surface area (Å²) < 4.78 is 0. The molecule has 17 heavy (non-hydrogen) atoms. The fourth-order valence-electron chi connectivity index (χ4n) is 2.63. The number of piperazine rings is 1. The van der Waals surface area contributed by atoms with Gasteiger partial charge in [-0.25, -0.2) is 0 Å². The zero-order valence-corrected chi connectivity index (χ0v) is 10.9. The summed E-state index contributed by atoms with van der Waals surface area (Å²) in [6.45, 7) is 6.59. The molecule has 98 valence electrons. The molecule has 0 spiro atoms. The first-order valence-corrected chi connectivity index (χ1v) is 6.92. The summed E-state index contributed by atoms with van der Waals surface area (Å²) in [5.74, 6) is 1.05. The molecule has 1 heterocycles. The van der Waals surface area contributed by atoms with E-state index < -0.39 is 0 Å². The molecule has 1 aliphatic heterocycles. The van der Waals surface area contributed by atoms with Gasteiger partial charge in [-0.3, -0.25) is 9.69 Å². The van der Waals surface area contributed by atoms with Gasteiger partial charge in [-0.1, -0.05) is 6.42 Å². The van der Waals surface area contributed by atoms with E-state index in [9.17, 15) is 4.79 Å². The third kappa shape index (κ3) is 3.19. The topological polar surface area (TPSA) is 49.6 Å². The normalized spacial score (nSPS) is 24.5. The van der Waals surface area contributed by atoms with Crippen LogP contribution in [-0.2, 0) is 4.79 Å². The molecule has 0 aromatic heterocycles. The van der Waals surface area contributed by atoms with Crippen molar-refractivity contribution < 1.29 is 4.79 Å². The Kier molecular flexibility index (Phi) is 4.40. The molecule has 2 N–H and O–H groups in total. The Hall–Kier alpha value is -0.610. The van der Waals surface area contributed by atoms with Crippen LogP contribution in [0.2, 0.25) is 0 Å². The molecule has 2 aliphatic rings. The van der Waals surface area contributed by atoms with E-state index >= 15 is 0 Å². The number of hydrogen-bond donors (Lipinski definition) is 1. The minimum Gasteiger partial charge on any atom is -0.340 e. The van der Waals surface area contributed by atoms with Crippen LogP contribution in [0.1, 0.15) is 32.6 Å².